The summed E-state index contributed by atoms with van der Waals surface area (Å²) in [5, 5.41) is 9.80. The van der Waals surface area contributed by atoms with Crippen molar-refractivity contribution in [3.63, 3.8) is 0 Å². The molecule has 1 aliphatic rings. The molecule has 0 spiro atoms. The van der Waals surface area contributed by atoms with Gasteiger partial charge in [0.2, 0.25) is 0 Å². The number of aromatic nitrogens is 2. The third-order valence-electron chi connectivity index (χ3n) is 4.64. The van der Waals surface area contributed by atoms with Crippen molar-refractivity contribution in [1.29, 1.82) is 0 Å². The Morgan fingerprint density at radius 1 is 1.12 bits per heavy atom. The van der Waals surface area contributed by atoms with E-state index in [4.69, 9.17) is 16.7 Å². The molecule has 3 rings (SSSR count). The van der Waals surface area contributed by atoms with Gasteiger partial charge in [-0.25, -0.2) is 9.97 Å². The Bertz CT molecular complexity index is 630. The van der Waals surface area contributed by atoms with Crippen molar-refractivity contribution >= 4 is 11.6 Å². The second-order valence-corrected chi connectivity index (χ2v) is 6.84. The van der Waals surface area contributed by atoms with Gasteiger partial charge in [0, 0.05) is 47.7 Å². The Kier molecular flexibility index (Phi) is 6.18. The Hall–Kier alpha value is -1.49. The first kappa shape index (κ1) is 17.3. The van der Waals surface area contributed by atoms with Gasteiger partial charge in [-0.2, -0.15) is 0 Å². The first-order valence-corrected chi connectivity index (χ1v) is 9.06. The summed E-state index contributed by atoms with van der Waals surface area (Å²) < 4.78 is 0. The van der Waals surface area contributed by atoms with Crippen molar-refractivity contribution in [2.24, 2.45) is 0 Å². The van der Waals surface area contributed by atoms with Gasteiger partial charge in [0.05, 0.1) is 0 Å². The maximum atomic E-state index is 9.08. The number of rotatable bonds is 6. The minimum Gasteiger partial charge on any atom is -0.396 e. The molecule has 128 valence electrons. The molecule has 1 fully saturated rings. The lowest BCUT2D eigenvalue weighted by Crippen LogP contribution is -2.39. The fourth-order valence-electron chi connectivity index (χ4n) is 3.34. The smallest absolute Gasteiger partial charge is 0.159 e. The van der Waals surface area contributed by atoms with Crippen LogP contribution in [0.25, 0.3) is 11.4 Å². The molecule has 1 N–H and O–H groups in total. The Morgan fingerprint density at radius 3 is 2.58 bits per heavy atom. The second kappa shape index (κ2) is 8.56. The highest BCUT2D eigenvalue weighted by Gasteiger charge is 2.22. The zero-order chi connectivity index (χ0) is 16.8. The monoisotopic (exact) mass is 345 g/mol. The van der Waals surface area contributed by atoms with Gasteiger partial charge in [-0.3, -0.25) is 4.90 Å². The lowest BCUT2D eigenvalue weighted by Gasteiger charge is -2.35. The predicted molar refractivity (Wildman–Crippen MR) is 96.8 cm³/mol. The summed E-state index contributed by atoms with van der Waals surface area (Å²) in [6.07, 6.45) is 9.57. The maximum Gasteiger partial charge on any atom is 0.159 e. The zero-order valence-corrected chi connectivity index (χ0v) is 14.6. The highest BCUT2D eigenvalue weighted by molar-refractivity contribution is 6.30. The topological polar surface area (TPSA) is 49.2 Å². The summed E-state index contributed by atoms with van der Waals surface area (Å²) in [6, 6.07) is 8.16. The molecular formula is C19H24ClN3O. The number of hydrogen-bond donors (Lipinski definition) is 1. The van der Waals surface area contributed by atoms with E-state index in [2.05, 4.69) is 14.9 Å². The Labute approximate surface area is 148 Å². The fraction of sp³-hybridized carbons (Fsp3) is 0.474. The molecule has 24 heavy (non-hydrogen) atoms. The molecule has 0 amide bonds. The molecule has 0 radical (unpaired) electrons. The van der Waals surface area contributed by atoms with E-state index in [1.165, 1.54) is 19.3 Å². The van der Waals surface area contributed by atoms with Gasteiger partial charge in [0.1, 0.15) is 0 Å². The number of nitrogens with zero attached hydrogens (tertiary/aromatic N) is 3. The van der Waals surface area contributed by atoms with Crippen LogP contribution in [0, 0.1) is 0 Å². The van der Waals surface area contributed by atoms with Crippen molar-refractivity contribution in [1.82, 2.24) is 14.9 Å². The van der Waals surface area contributed by atoms with Gasteiger partial charge in [-0.15, -0.1) is 0 Å². The molecule has 2 heterocycles. The van der Waals surface area contributed by atoms with Crippen LogP contribution in [0.2, 0.25) is 5.02 Å². The van der Waals surface area contributed by atoms with Crippen LogP contribution in [0.5, 0.6) is 0 Å². The molecular weight excluding hydrogens is 322 g/mol. The molecule has 1 aliphatic heterocycles. The van der Waals surface area contributed by atoms with Gasteiger partial charge in [0.25, 0.3) is 0 Å². The van der Waals surface area contributed by atoms with E-state index in [1.54, 1.807) is 0 Å². The minimum atomic E-state index is 0.281. The molecule has 0 aliphatic carbocycles. The van der Waals surface area contributed by atoms with Crippen molar-refractivity contribution < 1.29 is 5.11 Å². The summed E-state index contributed by atoms with van der Waals surface area (Å²) in [6.45, 7) is 2.29. The summed E-state index contributed by atoms with van der Waals surface area (Å²) in [5.74, 6) is 0.728. The normalized spacial score (nSPS) is 18.7. The van der Waals surface area contributed by atoms with Crippen LogP contribution in [0.15, 0.2) is 36.7 Å². The van der Waals surface area contributed by atoms with E-state index in [0.717, 1.165) is 47.9 Å². The molecule has 0 saturated carbocycles. The van der Waals surface area contributed by atoms with Crippen LogP contribution in [-0.4, -0.2) is 39.2 Å². The molecule has 1 aromatic carbocycles. The number of hydrogen-bond acceptors (Lipinski definition) is 4. The number of halogens is 1. The van der Waals surface area contributed by atoms with Crippen LogP contribution < -0.4 is 0 Å². The van der Waals surface area contributed by atoms with E-state index in [0.29, 0.717) is 6.04 Å². The van der Waals surface area contributed by atoms with Crippen molar-refractivity contribution in [2.45, 2.75) is 44.7 Å². The van der Waals surface area contributed by atoms with Gasteiger partial charge >= 0.3 is 0 Å². The number of piperidine rings is 1. The fourth-order valence-corrected chi connectivity index (χ4v) is 3.47. The van der Waals surface area contributed by atoms with Crippen LogP contribution in [0.4, 0.5) is 0 Å². The van der Waals surface area contributed by atoms with E-state index >= 15 is 0 Å². The number of aliphatic hydroxyl groups excluding tert-OH is 1. The molecule has 0 bridgehead atoms. The summed E-state index contributed by atoms with van der Waals surface area (Å²) >= 11 is 5.92. The lowest BCUT2D eigenvalue weighted by atomic mass is 9.97. The molecule has 5 heteroatoms. The summed E-state index contributed by atoms with van der Waals surface area (Å²) in [7, 11) is 0. The van der Waals surface area contributed by atoms with E-state index < -0.39 is 0 Å². The molecule has 1 saturated heterocycles. The standard InChI is InChI=1S/C19H24ClN3O/c20-17-8-6-16(7-9-17)19-21-12-15(13-22-19)14-23-10-2-1-4-18(23)5-3-11-24/h6-9,12-13,18,24H,1-5,10-11,14H2/t18-/m1/s1. The van der Waals surface area contributed by atoms with Gasteiger partial charge < -0.3 is 5.11 Å². The third kappa shape index (κ3) is 4.53. The lowest BCUT2D eigenvalue weighted by molar-refractivity contribution is 0.123. The van der Waals surface area contributed by atoms with Crippen molar-refractivity contribution in [3.05, 3.63) is 47.2 Å². The van der Waals surface area contributed by atoms with Crippen LogP contribution >= 0.6 is 11.6 Å². The highest BCUT2D eigenvalue weighted by atomic mass is 35.5. The SMILES string of the molecule is OCCC[C@H]1CCCCN1Cc1cnc(-c2ccc(Cl)cc2)nc1. The quantitative estimate of drug-likeness (QED) is 0.862. The average Bonchev–Trinajstić information content (AvgIpc) is 2.62. The second-order valence-electron chi connectivity index (χ2n) is 6.41. The zero-order valence-electron chi connectivity index (χ0n) is 13.9. The third-order valence-corrected chi connectivity index (χ3v) is 4.89. The van der Waals surface area contributed by atoms with E-state index in [9.17, 15) is 0 Å². The predicted octanol–water partition coefficient (Wildman–Crippen LogP) is 3.92. The van der Waals surface area contributed by atoms with Gasteiger partial charge in [0.15, 0.2) is 5.82 Å². The average molecular weight is 346 g/mol. The van der Waals surface area contributed by atoms with Crippen LogP contribution in [-0.2, 0) is 6.54 Å². The molecule has 1 aromatic heterocycles. The Balaban J connectivity index is 1.65. The van der Waals surface area contributed by atoms with Crippen LogP contribution in [0.3, 0.4) is 0 Å². The van der Waals surface area contributed by atoms with Gasteiger partial charge in [-0.1, -0.05) is 18.0 Å². The van der Waals surface area contributed by atoms with Gasteiger partial charge in [-0.05, 0) is 56.5 Å². The molecule has 0 unspecified atom stereocenters. The maximum absolute atomic E-state index is 9.08. The largest absolute Gasteiger partial charge is 0.396 e. The molecule has 4 nitrogen and oxygen atoms in total. The first-order valence-electron chi connectivity index (χ1n) is 8.68. The highest BCUT2D eigenvalue weighted by Crippen LogP contribution is 2.23. The summed E-state index contributed by atoms with van der Waals surface area (Å²) in [5.41, 5.74) is 2.12. The summed E-state index contributed by atoms with van der Waals surface area (Å²) in [4.78, 5) is 11.5. The van der Waals surface area contributed by atoms with Crippen molar-refractivity contribution in [2.75, 3.05) is 13.2 Å². The Morgan fingerprint density at radius 2 is 1.88 bits per heavy atom. The minimum absolute atomic E-state index is 0.281. The van der Waals surface area contributed by atoms with Crippen molar-refractivity contribution in [3.8, 4) is 11.4 Å². The van der Waals surface area contributed by atoms with Crippen LogP contribution in [0.1, 0.15) is 37.7 Å². The first-order chi connectivity index (χ1) is 11.8. The van der Waals surface area contributed by atoms with E-state index in [1.807, 2.05) is 36.7 Å². The van der Waals surface area contributed by atoms with E-state index in [-0.39, 0.29) is 6.61 Å². The molecule has 2 aromatic rings. The number of likely N-dealkylation sites (tertiary alicyclic amines) is 1. The molecule has 1 atom stereocenters. The number of benzene rings is 1. The number of aliphatic hydroxyl groups is 1.